The highest BCUT2D eigenvalue weighted by Crippen LogP contribution is 2.37. The van der Waals surface area contributed by atoms with Crippen LogP contribution in [0.1, 0.15) is 25.0 Å². The predicted octanol–water partition coefficient (Wildman–Crippen LogP) is 3.78. The monoisotopic (exact) mass is 432 g/mol. The number of carbonyl (C=O) groups is 2. The molecule has 0 saturated heterocycles. The standard InChI is InChI=1S/C21H24N2O4S2/c1-12-7-13(2)9-16(8-12)22-20(24)14(3)11-29(26,27)17-5-6-19-18(10-17)23-21(25)15(4)28-19/h5-10,14-15H,11H2,1-4H3,(H,22,24)(H,23,25). The van der Waals surface area contributed by atoms with E-state index in [9.17, 15) is 18.0 Å². The molecule has 2 unspecified atom stereocenters. The minimum absolute atomic E-state index is 0.0951. The van der Waals surface area contributed by atoms with Crippen LogP contribution >= 0.6 is 11.8 Å². The molecule has 2 N–H and O–H groups in total. The van der Waals surface area contributed by atoms with Gasteiger partial charge < -0.3 is 10.6 Å². The van der Waals surface area contributed by atoms with E-state index in [0.29, 0.717) is 11.4 Å². The number of hydrogen-bond acceptors (Lipinski definition) is 5. The Balaban J connectivity index is 1.74. The lowest BCUT2D eigenvalue weighted by Crippen LogP contribution is -2.28. The van der Waals surface area contributed by atoms with E-state index in [1.165, 1.54) is 23.9 Å². The summed E-state index contributed by atoms with van der Waals surface area (Å²) in [7, 11) is -3.70. The summed E-state index contributed by atoms with van der Waals surface area (Å²) in [5, 5.41) is 5.31. The Kier molecular flexibility index (Phi) is 6.05. The second-order valence-corrected chi connectivity index (χ2v) is 10.9. The molecule has 1 heterocycles. The summed E-state index contributed by atoms with van der Waals surface area (Å²) >= 11 is 1.39. The zero-order chi connectivity index (χ0) is 21.3. The Morgan fingerprint density at radius 2 is 1.83 bits per heavy atom. The predicted molar refractivity (Wildman–Crippen MR) is 116 cm³/mol. The van der Waals surface area contributed by atoms with E-state index < -0.39 is 15.8 Å². The van der Waals surface area contributed by atoms with Gasteiger partial charge >= 0.3 is 0 Å². The van der Waals surface area contributed by atoms with E-state index in [1.54, 1.807) is 19.9 Å². The summed E-state index contributed by atoms with van der Waals surface area (Å²) < 4.78 is 25.7. The molecule has 0 radical (unpaired) electrons. The van der Waals surface area contributed by atoms with Crippen molar-refractivity contribution in [3.8, 4) is 0 Å². The summed E-state index contributed by atoms with van der Waals surface area (Å²) in [5.41, 5.74) is 3.18. The number of benzene rings is 2. The smallest absolute Gasteiger partial charge is 0.237 e. The Morgan fingerprint density at radius 3 is 2.48 bits per heavy atom. The molecule has 2 aromatic carbocycles. The van der Waals surface area contributed by atoms with Crippen LogP contribution in [0.4, 0.5) is 11.4 Å². The van der Waals surface area contributed by atoms with Crippen molar-refractivity contribution in [3.05, 3.63) is 47.5 Å². The number of thioether (sulfide) groups is 1. The van der Waals surface area contributed by atoms with Gasteiger partial charge in [-0.3, -0.25) is 9.59 Å². The zero-order valence-corrected chi connectivity index (χ0v) is 18.4. The van der Waals surface area contributed by atoms with Crippen molar-refractivity contribution in [1.82, 2.24) is 0 Å². The van der Waals surface area contributed by atoms with Gasteiger partial charge in [0.2, 0.25) is 11.8 Å². The highest BCUT2D eigenvalue weighted by molar-refractivity contribution is 8.01. The van der Waals surface area contributed by atoms with Crippen molar-refractivity contribution in [2.24, 2.45) is 5.92 Å². The number of rotatable bonds is 5. The van der Waals surface area contributed by atoms with Crippen molar-refractivity contribution >= 4 is 44.8 Å². The third-order valence-electron chi connectivity index (χ3n) is 4.65. The number of amides is 2. The average Bonchev–Trinajstić information content (AvgIpc) is 2.61. The topological polar surface area (TPSA) is 92.3 Å². The Bertz CT molecular complexity index is 1060. The van der Waals surface area contributed by atoms with Crippen LogP contribution in [0, 0.1) is 19.8 Å². The minimum Gasteiger partial charge on any atom is -0.326 e. The molecule has 0 aromatic heterocycles. The molecule has 2 aromatic rings. The number of nitrogens with one attached hydrogen (secondary N) is 2. The highest BCUT2D eigenvalue weighted by Gasteiger charge is 2.27. The lowest BCUT2D eigenvalue weighted by molar-refractivity contribution is -0.119. The van der Waals surface area contributed by atoms with Crippen LogP contribution in [0.2, 0.25) is 0 Å². The van der Waals surface area contributed by atoms with Gasteiger partial charge in [0.05, 0.1) is 21.6 Å². The van der Waals surface area contributed by atoms with Gasteiger partial charge in [0.1, 0.15) is 0 Å². The third-order valence-corrected chi connectivity index (χ3v) is 7.74. The molecule has 2 amide bonds. The molecule has 0 bridgehead atoms. The number of carbonyl (C=O) groups excluding carboxylic acids is 2. The van der Waals surface area contributed by atoms with Gasteiger partial charge in [0.25, 0.3) is 0 Å². The molecule has 1 aliphatic heterocycles. The SMILES string of the molecule is Cc1cc(C)cc(NC(=O)C(C)CS(=O)(=O)c2ccc3c(c2)NC(=O)C(C)S3)c1. The van der Waals surface area contributed by atoms with Crippen LogP contribution < -0.4 is 10.6 Å². The third kappa shape index (κ3) is 5.00. The summed E-state index contributed by atoms with van der Waals surface area (Å²) in [5.74, 6) is -1.56. The van der Waals surface area contributed by atoms with Gasteiger partial charge in [-0.15, -0.1) is 11.8 Å². The molecule has 154 valence electrons. The van der Waals surface area contributed by atoms with E-state index in [-0.39, 0.29) is 27.7 Å². The second-order valence-electron chi connectivity index (χ2n) is 7.46. The van der Waals surface area contributed by atoms with Crippen LogP contribution in [0.15, 0.2) is 46.2 Å². The molecule has 1 aliphatic rings. The Morgan fingerprint density at radius 1 is 1.17 bits per heavy atom. The van der Waals surface area contributed by atoms with Gasteiger partial charge in [-0.2, -0.15) is 0 Å². The van der Waals surface area contributed by atoms with Crippen LogP contribution in [0.25, 0.3) is 0 Å². The van der Waals surface area contributed by atoms with E-state index in [1.807, 2.05) is 32.0 Å². The van der Waals surface area contributed by atoms with Crippen molar-refractivity contribution in [2.75, 3.05) is 16.4 Å². The summed E-state index contributed by atoms with van der Waals surface area (Å²) in [6.07, 6.45) is 0. The number of sulfone groups is 1. The zero-order valence-electron chi connectivity index (χ0n) is 16.8. The summed E-state index contributed by atoms with van der Waals surface area (Å²) in [6, 6.07) is 10.4. The molecule has 8 heteroatoms. The van der Waals surface area contributed by atoms with Gasteiger partial charge in [0.15, 0.2) is 9.84 Å². The molecule has 0 fully saturated rings. The van der Waals surface area contributed by atoms with E-state index >= 15 is 0 Å². The fraction of sp³-hybridized carbons (Fsp3) is 0.333. The van der Waals surface area contributed by atoms with Crippen molar-refractivity contribution in [1.29, 1.82) is 0 Å². The van der Waals surface area contributed by atoms with E-state index in [4.69, 9.17) is 0 Å². The first-order chi connectivity index (χ1) is 13.5. The molecule has 0 spiro atoms. The van der Waals surface area contributed by atoms with Crippen molar-refractivity contribution < 1.29 is 18.0 Å². The van der Waals surface area contributed by atoms with Crippen molar-refractivity contribution in [2.45, 2.75) is 42.7 Å². The first kappa shape index (κ1) is 21.4. The van der Waals surface area contributed by atoms with Crippen LogP contribution in [-0.4, -0.2) is 31.2 Å². The van der Waals surface area contributed by atoms with Gasteiger partial charge in [-0.1, -0.05) is 13.0 Å². The lowest BCUT2D eigenvalue weighted by Gasteiger charge is -2.22. The summed E-state index contributed by atoms with van der Waals surface area (Å²) in [6.45, 7) is 7.26. The maximum Gasteiger partial charge on any atom is 0.237 e. The van der Waals surface area contributed by atoms with Gasteiger partial charge in [-0.25, -0.2) is 8.42 Å². The lowest BCUT2D eigenvalue weighted by atomic mass is 10.1. The highest BCUT2D eigenvalue weighted by atomic mass is 32.2. The fourth-order valence-corrected chi connectivity index (χ4v) is 5.70. The van der Waals surface area contributed by atoms with Crippen molar-refractivity contribution in [3.63, 3.8) is 0 Å². The molecular weight excluding hydrogens is 408 g/mol. The number of aryl methyl sites for hydroxylation is 2. The second kappa shape index (κ2) is 8.20. The number of fused-ring (bicyclic) bond motifs is 1. The molecule has 3 rings (SSSR count). The Hall–Kier alpha value is -2.32. The molecule has 0 aliphatic carbocycles. The van der Waals surface area contributed by atoms with Gasteiger partial charge in [-0.05, 0) is 62.2 Å². The minimum atomic E-state index is -3.70. The Labute approximate surface area is 175 Å². The summed E-state index contributed by atoms with van der Waals surface area (Å²) in [4.78, 5) is 25.3. The molecule has 2 atom stereocenters. The number of anilines is 2. The normalized spacial score (nSPS) is 17.2. The van der Waals surface area contributed by atoms with Crippen LogP contribution in [0.3, 0.4) is 0 Å². The first-order valence-electron chi connectivity index (χ1n) is 9.28. The van der Waals surface area contributed by atoms with E-state index in [0.717, 1.165) is 16.0 Å². The van der Waals surface area contributed by atoms with Crippen LogP contribution in [-0.2, 0) is 19.4 Å². The molecule has 0 saturated carbocycles. The first-order valence-corrected chi connectivity index (χ1v) is 11.8. The molecule has 6 nitrogen and oxygen atoms in total. The number of hydrogen-bond donors (Lipinski definition) is 2. The fourth-order valence-electron chi connectivity index (χ4n) is 3.19. The average molecular weight is 433 g/mol. The maximum atomic E-state index is 12.8. The van der Waals surface area contributed by atoms with Gasteiger partial charge in [0, 0.05) is 16.5 Å². The molecule has 29 heavy (non-hydrogen) atoms. The molecular formula is C21H24N2O4S2. The largest absolute Gasteiger partial charge is 0.326 e. The van der Waals surface area contributed by atoms with Crippen LogP contribution in [0.5, 0.6) is 0 Å². The quantitative estimate of drug-likeness (QED) is 0.750. The van der Waals surface area contributed by atoms with E-state index in [2.05, 4.69) is 10.6 Å². The maximum absolute atomic E-state index is 12.8.